The number of hydrogen-bond acceptors (Lipinski definition) is 5. The molecule has 25 heavy (non-hydrogen) atoms. The van der Waals surface area contributed by atoms with Crippen molar-refractivity contribution in [3.8, 4) is 0 Å². The first kappa shape index (κ1) is 16.5. The quantitative estimate of drug-likeness (QED) is 0.928. The van der Waals surface area contributed by atoms with E-state index in [1.165, 1.54) is 24.1 Å². The van der Waals surface area contributed by atoms with Gasteiger partial charge in [-0.25, -0.2) is 15.0 Å². The van der Waals surface area contributed by atoms with Gasteiger partial charge >= 0.3 is 0 Å². The van der Waals surface area contributed by atoms with E-state index < -0.39 is 6.10 Å². The summed E-state index contributed by atoms with van der Waals surface area (Å²) in [5, 5.41) is 10.8. The highest BCUT2D eigenvalue weighted by molar-refractivity contribution is 5.50. The SMILES string of the molecule is Cc1nc2c(c(N3CCCC(C(O)c4nccn4C)C3)n1)CCCC2. The van der Waals surface area contributed by atoms with Gasteiger partial charge in [0.05, 0.1) is 0 Å². The molecule has 1 fully saturated rings. The van der Waals surface area contributed by atoms with Gasteiger partial charge in [-0.3, -0.25) is 0 Å². The fourth-order valence-corrected chi connectivity index (χ4v) is 4.29. The molecule has 6 nitrogen and oxygen atoms in total. The second kappa shape index (κ2) is 6.75. The van der Waals surface area contributed by atoms with Crippen LogP contribution >= 0.6 is 0 Å². The monoisotopic (exact) mass is 341 g/mol. The average molecular weight is 341 g/mol. The van der Waals surface area contributed by atoms with E-state index in [4.69, 9.17) is 4.98 Å². The van der Waals surface area contributed by atoms with E-state index in [1.54, 1.807) is 6.20 Å². The number of hydrogen-bond donors (Lipinski definition) is 1. The van der Waals surface area contributed by atoms with Crippen LogP contribution in [0.4, 0.5) is 5.82 Å². The zero-order valence-electron chi connectivity index (χ0n) is 15.1. The summed E-state index contributed by atoms with van der Waals surface area (Å²) in [5.74, 6) is 2.92. The van der Waals surface area contributed by atoms with Gasteiger partial charge in [0.15, 0.2) is 0 Å². The summed E-state index contributed by atoms with van der Waals surface area (Å²) in [6, 6.07) is 0. The van der Waals surface area contributed by atoms with Crippen molar-refractivity contribution in [3.05, 3.63) is 35.3 Å². The van der Waals surface area contributed by atoms with Crippen molar-refractivity contribution >= 4 is 5.82 Å². The fraction of sp³-hybridized carbons (Fsp3) is 0.632. The van der Waals surface area contributed by atoms with Crippen LogP contribution in [0.2, 0.25) is 0 Å². The molecule has 0 radical (unpaired) electrons. The number of piperidine rings is 1. The van der Waals surface area contributed by atoms with Gasteiger partial charge in [-0.2, -0.15) is 0 Å². The number of imidazole rings is 1. The standard InChI is InChI=1S/C19H27N5O/c1-13-21-16-8-4-3-7-15(16)18(22-13)24-10-5-6-14(12-24)17(25)19-20-9-11-23(19)2/h9,11,14,17,25H,3-8,10,12H2,1-2H3. The Hall–Kier alpha value is -1.95. The van der Waals surface area contributed by atoms with Crippen LogP contribution in [0.15, 0.2) is 12.4 Å². The molecule has 2 aliphatic rings. The Labute approximate surface area is 148 Å². The van der Waals surface area contributed by atoms with Gasteiger partial charge in [0, 0.05) is 49.7 Å². The van der Waals surface area contributed by atoms with Crippen molar-refractivity contribution in [1.29, 1.82) is 0 Å². The number of aliphatic hydroxyl groups is 1. The molecule has 1 aliphatic carbocycles. The number of fused-ring (bicyclic) bond motifs is 1. The summed E-state index contributed by atoms with van der Waals surface area (Å²) in [6.45, 7) is 3.83. The fourth-order valence-electron chi connectivity index (χ4n) is 4.29. The van der Waals surface area contributed by atoms with Gasteiger partial charge in [-0.05, 0) is 45.4 Å². The molecule has 3 heterocycles. The van der Waals surface area contributed by atoms with Crippen LogP contribution in [0.3, 0.4) is 0 Å². The van der Waals surface area contributed by atoms with Gasteiger partial charge in [-0.1, -0.05) is 0 Å². The topological polar surface area (TPSA) is 67.1 Å². The lowest BCUT2D eigenvalue weighted by molar-refractivity contribution is 0.0873. The van der Waals surface area contributed by atoms with Gasteiger partial charge < -0.3 is 14.6 Å². The minimum atomic E-state index is -0.526. The maximum atomic E-state index is 10.8. The summed E-state index contributed by atoms with van der Waals surface area (Å²) in [6.07, 6.45) is 9.81. The normalized spacial score (nSPS) is 21.9. The van der Waals surface area contributed by atoms with E-state index in [1.807, 2.05) is 24.7 Å². The second-order valence-corrected chi connectivity index (χ2v) is 7.42. The van der Waals surface area contributed by atoms with Crippen LogP contribution in [0.5, 0.6) is 0 Å². The first-order valence-electron chi connectivity index (χ1n) is 9.40. The van der Waals surface area contributed by atoms with Gasteiger partial charge in [0.25, 0.3) is 0 Å². The molecule has 4 rings (SSSR count). The lowest BCUT2D eigenvalue weighted by atomic mass is 9.90. The lowest BCUT2D eigenvalue weighted by Crippen LogP contribution is -2.39. The van der Waals surface area contributed by atoms with Crippen LogP contribution in [0.25, 0.3) is 0 Å². The third-order valence-corrected chi connectivity index (χ3v) is 5.60. The molecule has 0 aromatic carbocycles. The molecular formula is C19H27N5O. The second-order valence-electron chi connectivity index (χ2n) is 7.42. The summed E-state index contributed by atoms with van der Waals surface area (Å²) in [7, 11) is 1.94. The van der Waals surface area contributed by atoms with E-state index in [2.05, 4.69) is 14.9 Å². The molecule has 0 bridgehead atoms. The Morgan fingerprint density at radius 1 is 1.20 bits per heavy atom. The van der Waals surface area contributed by atoms with Crippen LogP contribution in [-0.2, 0) is 19.9 Å². The first-order chi connectivity index (χ1) is 12.1. The molecule has 1 N–H and O–H groups in total. The Morgan fingerprint density at radius 2 is 2.04 bits per heavy atom. The predicted molar refractivity (Wildman–Crippen MR) is 96.5 cm³/mol. The van der Waals surface area contributed by atoms with Gasteiger partial charge in [-0.15, -0.1) is 0 Å². The van der Waals surface area contributed by atoms with Gasteiger partial charge in [0.2, 0.25) is 0 Å². The van der Waals surface area contributed by atoms with Crippen LogP contribution in [0, 0.1) is 12.8 Å². The summed E-state index contributed by atoms with van der Waals surface area (Å²) in [4.78, 5) is 16.2. The maximum Gasteiger partial charge on any atom is 0.137 e. The number of aliphatic hydroxyl groups excluding tert-OH is 1. The third kappa shape index (κ3) is 3.15. The Kier molecular flexibility index (Phi) is 4.46. The zero-order chi connectivity index (χ0) is 17.4. The van der Waals surface area contributed by atoms with Crippen molar-refractivity contribution in [2.75, 3.05) is 18.0 Å². The van der Waals surface area contributed by atoms with Crippen molar-refractivity contribution in [3.63, 3.8) is 0 Å². The molecule has 2 aromatic rings. The highest BCUT2D eigenvalue weighted by atomic mass is 16.3. The largest absolute Gasteiger partial charge is 0.385 e. The molecular weight excluding hydrogens is 314 g/mol. The molecule has 2 unspecified atom stereocenters. The third-order valence-electron chi connectivity index (χ3n) is 5.60. The van der Waals surface area contributed by atoms with Crippen molar-refractivity contribution in [2.45, 2.75) is 51.6 Å². The molecule has 1 saturated heterocycles. The molecule has 0 spiro atoms. The van der Waals surface area contributed by atoms with E-state index in [0.29, 0.717) is 0 Å². The van der Waals surface area contributed by atoms with Crippen LogP contribution in [0.1, 0.15) is 54.7 Å². The van der Waals surface area contributed by atoms with Crippen molar-refractivity contribution in [1.82, 2.24) is 19.5 Å². The summed E-state index contributed by atoms with van der Waals surface area (Å²) < 4.78 is 1.92. The summed E-state index contributed by atoms with van der Waals surface area (Å²) >= 11 is 0. The zero-order valence-corrected chi connectivity index (χ0v) is 15.1. The Bertz CT molecular complexity index is 756. The predicted octanol–water partition coefficient (Wildman–Crippen LogP) is 2.35. The number of anilines is 1. The van der Waals surface area contributed by atoms with E-state index in [9.17, 15) is 5.11 Å². The maximum absolute atomic E-state index is 10.8. The Morgan fingerprint density at radius 3 is 2.84 bits per heavy atom. The smallest absolute Gasteiger partial charge is 0.137 e. The van der Waals surface area contributed by atoms with Crippen molar-refractivity contribution in [2.24, 2.45) is 13.0 Å². The first-order valence-corrected chi connectivity index (χ1v) is 9.40. The van der Waals surface area contributed by atoms with E-state index in [0.717, 1.165) is 56.2 Å². The Balaban J connectivity index is 1.60. The number of rotatable bonds is 3. The molecule has 0 amide bonds. The molecule has 0 saturated carbocycles. The van der Waals surface area contributed by atoms with Crippen molar-refractivity contribution < 1.29 is 5.11 Å². The van der Waals surface area contributed by atoms with E-state index in [-0.39, 0.29) is 5.92 Å². The molecule has 2 atom stereocenters. The lowest BCUT2D eigenvalue weighted by Gasteiger charge is -2.37. The average Bonchev–Trinajstić information content (AvgIpc) is 3.06. The minimum absolute atomic E-state index is 0.185. The highest BCUT2D eigenvalue weighted by Crippen LogP contribution is 2.34. The summed E-state index contributed by atoms with van der Waals surface area (Å²) in [5.41, 5.74) is 2.57. The van der Waals surface area contributed by atoms with E-state index >= 15 is 0 Å². The number of nitrogens with zero attached hydrogens (tertiary/aromatic N) is 5. The molecule has 2 aromatic heterocycles. The van der Waals surface area contributed by atoms with Crippen LogP contribution < -0.4 is 4.90 Å². The number of aromatic nitrogens is 4. The molecule has 1 aliphatic heterocycles. The highest BCUT2D eigenvalue weighted by Gasteiger charge is 2.31. The minimum Gasteiger partial charge on any atom is -0.385 e. The van der Waals surface area contributed by atoms with Crippen LogP contribution in [-0.4, -0.2) is 37.7 Å². The van der Waals surface area contributed by atoms with Gasteiger partial charge in [0.1, 0.15) is 23.6 Å². The molecule has 134 valence electrons. The number of aryl methyl sites for hydroxylation is 3. The molecule has 6 heteroatoms.